The minimum absolute atomic E-state index is 0.0598. The van der Waals surface area contributed by atoms with E-state index >= 15 is 0 Å². The lowest BCUT2D eigenvalue weighted by molar-refractivity contribution is -0.123. The zero-order valence-corrected chi connectivity index (χ0v) is 18.1. The molecule has 0 aromatic heterocycles. The predicted octanol–water partition coefficient (Wildman–Crippen LogP) is 2.33. The number of rotatable bonds is 8. The highest BCUT2D eigenvalue weighted by molar-refractivity contribution is 7.92. The maximum absolute atomic E-state index is 12.9. The molecule has 0 aliphatic heterocycles. The number of nitrogens with zero attached hydrogens (tertiary/aromatic N) is 1. The molecule has 11 heteroatoms. The number of hydrogen-bond donors (Lipinski definition) is 2. The molecule has 31 heavy (non-hydrogen) atoms. The van der Waals surface area contributed by atoms with Crippen LogP contribution in [0.25, 0.3) is 0 Å². The molecule has 0 atom stereocenters. The second-order valence-electron chi connectivity index (χ2n) is 6.07. The van der Waals surface area contributed by atoms with Gasteiger partial charge in [0.25, 0.3) is 15.9 Å². The van der Waals surface area contributed by atoms with Crippen molar-refractivity contribution in [3.05, 3.63) is 71.8 Å². The quantitative estimate of drug-likeness (QED) is 0.455. The summed E-state index contributed by atoms with van der Waals surface area (Å²) in [6.45, 7) is 2.79. The second kappa shape index (κ2) is 10.6. The summed E-state index contributed by atoms with van der Waals surface area (Å²) in [6.07, 6.45) is 1.42. The molecular weight excluding hydrogens is 446 g/mol. The average molecular weight is 466 g/mol. The molecule has 2 aromatic rings. The van der Waals surface area contributed by atoms with Gasteiger partial charge in [-0.15, -0.1) is 6.58 Å². The number of carbonyl (C=O) groups is 3. The van der Waals surface area contributed by atoms with Gasteiger partial charge in [-0.25, -0.2) is 18.0 Å². The monoisotopic (exact) mass is 465 g/mol. The van der Waals surface area contributed by atoms with Crippen LogP contribution in [-0.2, 0) is 19.6 Å². The third kappa shape index (κ3) is 6.30. The number of sulfonamides is 1. The number of ether oxygens (including phenoxy) is 1. The summed E-state index contributed by atoms with van der Waals surface area (Å²) in [7, 11) is -2.62. The van der Waals surface area contributed by atoms with Crippen LogP contribution in [0.15, 0.2) is 66.1 Å². The number of hydrogen-bond acceptors (Lipinski definition) is 6. The Balaban J connectivity index is 2.13. The van der Waals surface area contributed by atoms with Crippen LogP contribution < -0.4 is 14.9 Å². The molecule has 0 spiro atoms. The minimum Gasteiger partial charge on any atom is -0.452 e. The Hall–Kier alpha value is -3.37. The molecule has 0 saturated heterocycles. The van der Waals surface area contributed by atoms with Crippen molar-refractivity contribution < 1.29 is 27.5 Å². The number of amides is 3. The lowest BCUT2D eigenvalue weighted by Gasteiger charge is -2.20. The second-order valence-corrected chi connectivity index (χ2v) is 8.45. The van der Waals surface area contributed by atoms with Gasteiger partial charge in [0.15, 0.2) is 6.61 Å². The summed E-state index contributed by atoms with van der Waals surface area (Å²) < 4.78 is 31.7. The van der Waals surface area contributed by atoms with Gasteiger partial charge in [-0.05, 0) is 30.3 Å². The molecule has 0 heterocycles. The van der Waals surface area contributed by atoms with Gasteiger partial charge in [0.1, 0.15) is 0 Å². The summed E-state index contributed by atoms with van der Waals surface area (Å²) in [5.41, 5.74) is 0.182. The molecule has 0 fully saturated rings. The normalized spacial score (nSPS) is 10.6. The summed E-state index contributed by atoms with van der Waals surface area (Å²) in [6, 6.07) is 11.1. The van der Waals surface area contributed by atoms with E-state index in [1.165, 1.54) is 25.3 Å². The van der Waals surface area contributed by atoms with E-state index in [1.54, 1.807) is 30.3 Å². The molecule has 0 aliphatic carbocycles. The Morgan fingerprint density at radius 3 is 2.48 bits per heavy atom. The maximum Gasteiger partial charge on any atom is 0.340 e. The number of esters is 1. The lowest BCUT2D eigenvalue weighted by atomic mass is 10.2. The number of carbonyl (C=O) groups excluding carboxylic acids is 3. The van der Waals surface area contributed by atoms with E-state index in [4.69, 9.17) is 16.3 Å². The fourth-order valence-corrected chi connectivity index (χ4v) is 3.75. The van der Waals surface area contributed by atoms with Crippen LogP contribution in [0.4, 0.5) is 10.5 Å². The fourth-order valence-electron chi connectivity index (χ4n) is 2.34. The Morgan fingerprint density at radius 2 is 1.84 bits per heavy atom. The number of halogens is 1. The number of nitrogens with one attached hydrogen (secondary N) is 2. The Bertz CT molecular complexity index is 1090. The van der Waals surface area contributed by atoms with Crippen molar-refractivity contribution in [3.8, 4) is 0 Å². The number of anilines is 1. The summed E-state index contributed by atoms with van der Waals surface area (Å²) in [4.78, 5) is 35.2. The number of para-hydroxylation sites is 1. The van der Waals surface area contributed by atoms with E-state index < -0.39 is 34.5 Å². The summed E-state index contributed by atoms with van der Waals surface area (Å²) >= 11 is 6.01. The zero-order valence-electron chi connectivity index (χ0n) is 16.5. The molecule has 164 valence electrons. The first-order valence-electron chi connectivity index (χ1n) is 8.86. The van der Waals surface area contributed by atoms with Gasteiger partial charge in [-0.2, -0.15) is 0 Å². The van der Waals surface area contributed by atoms with E-state index in [9.17, 15) is 22.8 Å². The molecule has 9 nitrogen and oxygen atoms in total. The summed E-state index contributed by atoms with van der Waals surface area (Å²) in [5.74, 6) is -1.90. The maximum atomic E-state index is 12.9. The van der Waals surface area contributed by atoms with Gasteiger partial charge >= 0.3 is 12.0 Å². The van der Waals surface area contributed by atoms with Crippen molar-refractivity contribution in [2.75, 3.05) is 24.5 Å². The number of benzene rings is 2. The molecule has 3 amide bonds. The van der Waals surface area contributed by atoms with Crippen molar-refractivity contribution in [2.24, 2.45) is 0 Å². The third-order valence-corrected chi connectivity index (χ3v) is 6.04. The first kappa shape index (κ1) is 23.9. The smallest absolute Gasteiger partial charge is 0.340 e. The van der Waals surface area contributed by atoms with Crippen LogP contribution in [-0.4, -0.2) is 46.5 Å². The lowest BCUT2D eigenvalue weighted by Crippen LogP contribution is -2.41. The van der Waals surface area contributed by atoms with E-state index in [0.29, 0.717) is 5.69 Å². The third-order valence-electron chi connectivity index (χ3n) is 3.93. The SMILES string of the molecule is C=CCNC(=O)NC(=O)COC(=O)c1cc(S(=O)(=O)N(C)c2ccccc2)ccc1Cl. The van der Waals surface area contributed by atoms with Crippen molar-refractivity contribution in [3.63, 3.8) is 0 Å². The standard InChI is InChI=1S/C20H20ClN3O6S/c1-3-11-22-20(27)23-18(25)13-30-19(26)16-12-15(9-10-17(16)21)31(28,29)24(2)14-7-5-4-6-8-14/h3-10,12H,1,11,13H2,2H3,(H2,22,23,25,27). The molecule has 0 bridgehead atoms. The van der Waals surface area contributed by atoms with Crippen LogP contribution in [0.2, 0.25) is 5.02 Å². The van der Waals surface area contributed by atoms with Gasteiger partial charge in [-0.1, -0.05) is 35.9 Å². The van der Waals surface area contributed by atoms with Gasteiger partial charge in [0, 0.05) is 13.6 Å². The molecule has 0 saturated carbocycles. The average Bonchev–Trinajstić information content (AvgIpc) is 2.76. The topological polar surface area (TPSA) is 122 Å². The Kier molecular flexibility index (Phi) is 8.17. The first-order chi connectivity index (χ1) is 14.7. The molecular formula is C20H20ClN3O6S. The highest BCUT2D eigenvalue weighted by Gasteiger charge is 2.24. The molecule has 2 N–H and O–H groups in total. The molecule has 2 aromatic carbocycles. The zero-order chi connectivity index (χ0) is 23.0. The van der Waals surface area contributed by atoms with E-state index in [1.807, 2.05) is 5.32 Å². The van der Waals surface area contributed by atoms with Gasteiger partial charge in [0.2, 0.25) is 0 Å². The van der Waals surface area contributed by atoms with Crippen molar-refractivity contribution in [2.45, 2.75) is 4.90 Å². The van der Waals surface area contributed by atoms with Crippen LogP contribution in [0.1, 0.15) is 10.4 Å². The van der Waals surface area contributed by atoms with Crippen LogP contribution in [0.3, 0.4) is 0 Å². The molecule has 0 aliphatic rings. The van der Waals surface area contributed by atoms with Crippen LogP contribution in [0, 0.1) is 0 Å². The Morgan fingerprint density at radius 1 is 1.16 bits per heavy atom. The predicted molar refractivity (Wildman–Crippen MR) is 116 cm³/mol. The number of imide groups is 1. The largest absolute Gasteiger partial charge is 0.452 e. The minimum atomic E-state index is -3.99. The van der Waals surface area contributed by atoms with Gasteiger partial charge in [-0.3, -0.25) is 14.4 Å². The highest BCUT2D eigenvalue weighted by atomic mass is 35.5. The fraction of sp³-hybridized carbons (Fsp3) is 0.150. The van der Waals surface area contributed by atoms with Crippen LogP contribution in [0.5, 0.6) is 0 Å². The molecule has 0 radical (unpaired) electrons. The van der Waals surface area contributed by atoms with Gasteiger partial charge < -0.3 is 10.1 Å². The van der Waals surface area contributed by atoms with Crippen molar-refractivity contribution in [1.82, 2.24) is 10.6 Å². The Labute approximate surface area is 184 Å². The van der Waals surface area contributed by atoms with Crippen molar-refractivity contribution >= 4 is 45.2 Å². The van der Waals surface area contributed by atoms with Crippen LogP contribution >= 0.6 is 11.6 Å². The van der Waals surface area contributed by atoms with E-state index in [-0.39, 0.29) is 22.0 Å². The van der Waals surface area contributed by atoms with E-state index in [2.05, 4.69) is 11.9 Å². The molecule has 0 unspecified atom stereocenters. The molecule has 2 rings (SSSR count). The van der Waals surface area contributed by atoms with Gasteiger partial charge in [0.05, 0.1) is 21.2 Å². The van der Waals surface area contributed by atoms with E-state index in [0.717, 1.165) is 10.4 Å². The summed E-state index contributed by atoms with van der Waals surface area (Å²) in [5, 5.41) is 4.21. The van der Waals surface area contributed by atoms with Crippen molar-refractivity contribution in [1.29, 1.82) is 0 Å². The highest BCUT2D eigenvalue weighted by Crippen LogP contribution is 2.26. The first-order valence-corrected chi connectivity index (χ1v) is 10.7. The number of urea groups is 1.